The maximum atomic E-state index is 12.7. The van der Waals surface area contributed by atoms with Crippen molar-refractivity contribution in [3.05, 3.63) is 36.0 Å². The fourth-order valence-corrected chi connectivity index (χ4v) is 1.74. The summed E-state index contributed by atoms with van der Waals surface area (Å²) in [6, 6.07) is 7.69. The summed E-state index contributed by atoms with van der Waals surface area (Å²) in [6.07, 6.45) is -4.46. The maximum Gasteiger partial charge on any atom is 0.433 e. The molecule has 0 bridgehead atoms. The normalized spacial score (nSPS) is 11.8. The highest BCUT2D eigenvalue weighted by Gasteiger charge is 2.33. The minimum atomic E-state index is -4.46. The van der Waals surface area contributed by atoms with Crippen LogP contribution in [0.1, 0.15) is 5.69 Å². The molecule has 0 aliphatic carbocycles. The number of pyridine rings is 1. The van der Waals surface area contributed by atoms with Crippen LogP contribution in [0.4, 0.5) is 18.9 Å². The minimum Gasteiger partial charge on any atom is -0.383 e. The van der Waals surface area contributed by atoms with Crippen LogP contribution in [0.3, 0.4) is 0 Å². The van der Waals surface area contributed by atoms with Crippen molar-refractivity contribution < 1.29 is 13.2 Å². The van der Waals surface area contributed by atoms with E-state index in [-0.39, 0.29) is 0 Å². The number of nitrogens with zero attached hydrogens (tertiary/aromatic N) is 1. The number of rotatable bonds is 3. The summed E-state index contributed by atoms with van der Waals surface area (Å²) < 4.78 is 38.1. The number of alkyl halides is 4. The SMILES string of the molecule is FC(F)(F)c1cc(NCCCl)c2ccccc2n1. The van der Waals surface area contributed by atoms with Gasteiger partial charge in [-0.1, -0.05) is 18.2 Å². The molecule has 6 heteroatoms. The van der Waals surface area contributed by atoms with Gasteiger partial charge in [0.2, 0.25) is 0 Å². The number of nitrogens with one attached hydrogen (secondary N) is 1. The summed E-state index contributed by atoms with van der Waals surface area (Å²) in [4.78, 5) is 3.62. The number of halogens is 4. The van der Waals surface area contributed by atoms with Crippen LogP contribution < -0.4 is 5.32 Å². The number of aromatic nitrogens is 1. The average molecular weight is 275 g/mol. The second-order valence-electron chi connectivity index (χ2n) is 3.69. The summed E-state index contributed by atoms with van der Waals surface area (Å²) in [6.45, 7) is 0.396. The van der Waals surface area contributed by atoms with Crippen molar-refractivity contribution in [2.24, 2.45) is 0 Å². The van der Waals surface area contributed by atoms with Crippen LogP contribution in [-0.2, 0) is 6.18 Å². The molecule has 0 radical (unpaired) electrons. The Bertz CT molecular complexity index is 555. The zero-order chi connectivity index (χ0) is 13.2. The average Bonchev–Trinajstić information content (AvgIpc) is 2.34. The number of hydrogen-bond acceptors (Lipinski definition) is 2. The second kappa shape index (κ2) is 5.02. The fourth-order valence-electron chi connectivity index (χ4n) is 1.65. The summed E-state index contributed by atoms with van der Waals surface area (Å²) in [5, 5.41) is 3.53. The van der Waals surface area contributed by atoms with Crippen molar-refractivity contribution in [3.8, 4) is 0 Å². The van der Waals surface area contributed by atoms with Gasteiger partial charge in [-0.25, -0.2) is 4.98 Å². The lowest BCUT2D eigenvalue weighted by molar-refractivity contribution is -0.140. The number of hydrogen-bond donors (Lipinski definition) is 1. The van der Waals surface area contributed by atoms with E-state index in [0.717, 1.165) is 6.07 Å². The van der Waals surface area contributed by atoms with Crippen molar-refractivity contribution in [2.75, 3.05) is 17.7 Å². The van der Waals surface area contributed by atoms with Gasteiger partial charge < -0.3 is 5.32 Å². The van der Waals surface area contributed by atoms with E-state index >= 15 is 0 Å². The predicted octanol–water partition coefficient (Wildman–Crippen LogP) is 3.90. The molecule has 2 aromatic rings. The Morgan fingerprint density at radius 1 is 1.22 bits per heavy atom. The van der Waals surface area contributed by atoms with Crippen LogP contribution in [0.2, 0.25) is 0 Å². The molecule has 0 amide bonds. The van der Waals surface area contributed by atoms with Gasteiger partial charge in [-0.15, -0.1) is 11.6 Å². The minimum absolute atomic E-state index is 0.310. The molecule has 0 saturated heterocycles. The highest BCUT2D eigenvalue weighted by atomic mass is 35.5. The van der Waals surface area contributed by atoms with Gasteiger partial charge >= 0.3 is 6.18 Å². The number of anilines is 1. The van der Waals surface area contributed by atoms with Crippen molar-refractivity contribution in [1.82, 2.24) is 4.98 Å². The van der Waals surface area contributed by atoms with E-state index in [2.05, 4.69) is 10.3 Å². The molecule has 96 valence electrons. The van der Waals surface area contributed by atoms with Gasteiger partial charge in [-0.3, -0.25) is 0 Å². The number of para-hydroxylation sites is 1. The summed E-state index contributed by atoms with van der Waals surface area (Å²) in [5.41, 5.74) is -0.198. The Labute approximate surface area is 107 Å². The van der Waals surface area contributed by atoms with Crippen molar-refractivity contribution >= 4 is 28.2 Å². The molecule has 0 aliphatic rings. The van der Waals surface area contributed by atoms with Crippen LogP contribution in [0, 0.1) is 0 Å². The molecule has 0 aliphatic heterocycles. The van der Waals surface area contributed by atoms with Gasteiger partial charge in [0.15, 0.2) is 0 Å². The molecule has 2 rings (SSSR count). The second-order valence-corrected chi connectivity index (χ2v) is 4.06. The summed E-state index contributed by atoms with van der Waals surface area (Å²) in [7, 11) is 0. The van der Waals surface area contributed by atoms with Gasteiger partial charge in [0, 0.05) is 23.5 Å². The Balaban J connectivity index is 2.57. The first-order valence-electron chi connectivity index (χ1n) is 5.29. The van der Waals surface area contributed by atoms with Crippen LogP contribution in [-0.4, -0.2) is 17.4 Å². The van der Waals surface area contributed by atoms with Crippen LogP contribution in [0.25, 0.3) is 10.9 Å². The molecule has 0 fully saturated rings. The third-order valence-electron chi connectivity index (χ3n) is 2.42. The molecular formula is C12H10ClF3N2. The van der Waals surface area contributed by atoms with Gasteiger partial charge in [-0.2, -0.15) is 13.2 Å². The topological polar surface area (TPSA) is 24.9 Å². The maximum absolute atomic E-state index is 12.7. The molecule has 1 aromatic carbocycles. The molecule has 18 heavy (non-hydrogen) atoms. The third kappa shape index (κ3) is 2.67. The molecular weight excluding hydrogens is 265 g/mol. The van der Waals surface area contributed by atoms with E-state index in [4.69, 9.17) is 11.6 Å². The van der Waals surface area contributed by atoms with Gasteiger partial charge in [0.05, 0.1) is 5.52 Å². The molecule has 0 saturated carbocycles. The van der Waals surface area contributed by atoms with Gasteiger partial charge in [0.25, 0.3) is 0 Å². The zero-order valence-corrected chi connectivity index (χ0v) is 10.0. The molecule has 1 N–H and O–H groups in total. The third-order valence-corrected chi connectivity index (χ3v) is 2.61. The summed E-state index contributed by atoms with van der Waals surface area (Å²) >= 11 is 5.53. The lowest BCUT2D eigenvalue weighted by Crippen LogP contribution is -2.10. The van der Waals surface area contributed by atoms with E-state index in [1.165, 1.54) is 0 Å². The van der Waals surface area contributed by atoms with E-state index in [9.17, 15) is 13.2 Å². The van der Waals surface area contributed by atoms with Gasteiger partial charge in [0.1, 0.15) is 5.69 Å². The Morgan fingerprint density at radius 3 is 2.61 bits per heavy atom. The lowest BCUT2D eigenvalue weighted by atomic mass is 10.1. The van der Waals surface area contributed by atoms with Crippen LogP contribution >= 0.6 is 11.6 Å². The van der Waals surface area contributed by atoms with Crippen molar-refractivity contribution in [1.29, 1.82) is 0 Å². The number of fused-ring (bicyclic) bond motifs is 1. The van der Waals surface area contributed by atoms with Gasteiger partial charge in [-0.05, 0) is 12.1 Å². The Kier molecular flexibility index (Phi) is 3.61. The highest BCUT2D eigenvalue weighted by molar-refractivity contribution is 6.18. The molecule has 1 aromatic heterocycles. The quantitative estimate of drug-likeness (QED) is 0.859. The molecule has 0 spiro atoms. The molecule has 1 heterocycles. The first-order valence-corrected chi connectivity index (χ1v) is 5.82. The fraction of sp³-hybridized carbons (Fsp3) is 0.250. The smallest absolute Gasteiger partial charge is 0.383 e. The van der Waals surface area contributed by atoms with E-state index in [1.807, 2.05) is 0 Å². The number of benzene rings is 1. The first-order chi connectivity index (χ1) is 8.52. The van der Waals surface area contributed by atoms with E-state index in [0.29, 0.717) is 29.0 Å². The largest absolute Gasteiger partial charge is 0.433 e. The monoisotopic (exact) mass is 274 g/mol. The molecule has 2 nitrogen and oxygen atoms in total. The summed E-state index contributed by atoms with van der Waals surface area (Å²) in [5.74, 6) is 0.317. The van der Waals surface area contributed by atoms with E-state index < -0.39 is 11.9 Å². The lowest BCUT2D eigenvalue weighted by Gasteiger charge is -2.12. The van der Waals surface area contributed by atoms with E-state index in [1.54, 1.807) is 24.3 Å². The van der Waals surface area contributed by atoms with Crippen LogP contribution in [0.5, 0.6) is 0 Å². The van der Waals surface area contributed by atoms with Crippen molar-refractivity contribution in [2.45, 2.75) is 6.18 Å². The standard InChI is InChI=1S/C12H10ClF3N2/c13-5-6-17-10-7-11(12(14,15)16)18-9-4-2-1-3-8(9)10/h1-4,7H,5-6H2,(H,17,18). The first kappa shape index (κ1) is 13.0. The van der Waals surface area contributed by atoms with Crippen LogP contribution in [0.15, 0.2) is 30.3 Å². The predicted molar refractivity (Wildman–Crippen MR) is 66.0 cm³/mol. The molecule has 0 unspecified atom stereocenters. The molecule has 0 atom stereocenters. The van der Waals surface area contributed by atoms with Crippen molar-refractivity contribution in [3.63, 3.8) is 0 Å². The Morgan fingerprint density at radius 2 is 1.94 bits per heavy atom. The highest BCUT2D eigenvalue weighted by Crippen LogP contribution is 2.32. The Hall–Kier alpha value is -1.49. The zero-order valence-electron chi connectivity index (χ0n) is 9.26.